The molecule has 0 unspecified atom stereocenters. The molecule has 1 aromatic rings. The van der Waals surface area contributed by atoms with Gasteiger partial charge in [0.15, 0.2) is 0 Å². The second kappa shape index (κ2) is 4.88. The highest BCUT2D eigenvalue weighted by Crippen LogP contribution is 2.25. The average molecular weight is 272 g/mol. The molecule has 0 aromatic heterocycles. The third-order valence-electron chi connectivity index (χ3n) is 2.91. The molecule has 0 bridgehead atoms. The van der Waals surface area contributed by atoms with Crippen LogP contribution in [0.5, 0.6) is 0 Å². The van der Waals surface area contributed by atoms with E-state index in [9.17, 15) is 8.42 Å². The van der Waals surface area contributed by atoms with Crippen molar-refractivity contribution in [2.45, 2.75) is 11.8 Å². The van der Waals surface area contributed by atoms with Crippen molar-refractivity contribution in [2.75, 3.05) is 30.3 Å². The Labute approximate surface area is 106 Å². The molecule has 0 amide bonds. The molecule has 0 atom stereocenters. The zero-order valence-corrected chi connectivity index (χ0v) is 11.4. The van der Waals surface area contributed by atoms with E-state index < -0.39 is 10.0 Å². The molecule has 0 radical (unpaired) electrons. The first-order valence-electron chi connectivity index (χ1n) is 5.46. The number of nitrogens with zero attached hydrogens (tertiary/aromatic N) is 1. The maximum absolute atomic E-state index is 12.4. The number of anilines is 1. The molecule has 0 saturated carbocycles. The fraction of sp³-hybridized carbons (Fsp3) is 0.455. The van der Waals surface area contributed by atoms with Crippen LogP contribution in [-0.2, 0) is 10.0 Å². The number of nitrogens with two attached hydrogens (primary N) is 1. The van der Waals surface area contributed by atoms with Crippen LogP contribution in [0.4, 0.5) is 5.69 Å². The van der Waals surface area contributed by atoms with Gasteiger partial charge in [-0.05, 0) is 24.6 Å². The van der Waals surface area contributed by atoms with Crippen LogP contribution >= 0.6 is 11.8 Å². The lowest BCUT2D eigenvalue weighted by molar-refractivity contribution is 0.443. The number of hydrogen-bond acceptors (Lipinski definition) is 4. The van der Waals surface area contributed by atoms with E-state index in [1.165, 1.54) is 0 Å². The van der Waals surface area contributed by atoms with Gasteiger partial charge in [0, 0.05) is 30.3 Å². The summed E-state index contributed by atoms with van der Waals surface area (Å²) in [6, 6.07) is 5.04. The number of nitrogen functional groups attached to an aromatic ring is 1. The number of hydrogen-bond donors (Lipinski definition) is 1. The summed E-state index contributed by atoms with van der Waals surface area (Å²) in [7, 11) is -3.38. The van der Waals surface area contributed by atoms with E-state index in [1.807, 2.05) is 0 Å². The van der Waals surface area contributed by atoms with Crippen LogP contribution in [0.25, 0.3) is 0 Å². The summed E-state index contributed by atoms with van der Waals surface area (Å²) in [6.07, 6.45) is 0. The first kappa shape index (κ1) is 12.7. The lowest BCUT2D eigenvalue weighted by atomic mass is 10.2. The molecule has 2 N–H and O–H groups in total. The van der Waals surface area contributed by atoms with Gasteiger partial charge in [-0.25, -0.2) is 8.42 Å². The molecular formula is C11H16N2O2S2. The van der Waals surface area contributed by atoms with Crippen LogP contribution in [0.2, 0.25) is 0 Å². The van der Waals surface area contributed by atoms with E-state index in [1.54, 1.807) is 41.2 Å². The second-order valence-corrected chi connectivity index (χ2v) is 7.12. The Morgan fingerprint density at radius 1 is 1.29 bits per heavy atom. The number of rotatable bonds is 2. The van der Waals surface area contributed by atoms with E-state index in [-0.39, 0.29) is 0 Å². The summed E-state index contributed by atoms with van der Waals surface area (Å²) in [5.41, 5.74) is 6.93. The van der Waals surface area contributed by atoms with Gasteiger partial charge < -0.3 is 5.73 Å². The van der Waals surface area contributed by atoms with Crippen molar-refractivity contribution in [3.63, 3.8) is 0 Å². The van der Waals surface area contributed by atoms with E-state index in [0.29, 0.717) is 29.2 Å². The Morgan fingerprint density at radius 3 is 2.59 bits per heavy atom. The molecule has 17 heavy (non-hydrogen) atoms. The fourth-order valence-electron chi connectivity index (χ4n) is 1.84. The molecule has 6 heteroatoms. The summed E-state index contributed by atoms with van der Waals surface area (Å²) in [6.45, 7) is 2.92. The predicted octanol–water partition coefficient (Wildman–Crippen LogP) is 1.31. The molecule has 1 saturated heterocycles. The first-order valence-corrected chi connectivity index (χ1v) is 8.06. The van der Waals surface area contributed by atoms with Crippen LogP contribution in [0.3, 0.4) is 0 Å². The van der Waals surface area contributed by atoms with Crippen molar-refractivity contribution < 1.29 is 8.42 Å². The minimum Gasteiger partial charge on any atom is -0.398 e. The smallest absolute Gasteiger partial charge is 0.243 e. The van der Waals surface area contributed by atoms with E-state index in [4.69, 9.17) is 5.73 Å². The average Bonchev–Trinajstić information content (AvgIpc) is 2.33. The summed E-state index contributed by atoms with van der Waals surface area (Å²) in [4.78, 5) is 0.337. The highest BCUT2D eigenvalue weighted by atomic mass is 32.2. The first-order chi connectivity index (χ1) is 8.03. The van der Waals surface area contributed by atoms with Crippen molar-refractivity contribution >= 4 is 27.5 Å². The normalized spacial score (nSPS) is 18.2. The number of benzene rings is 1. The highest BCUT2D eigenvalue weighted by molar-refractivity contribution is 7.99. The van der Waals surface area contributed by atoms with Crippen molar-refractivity contribution in [2.24, 2.45) is 0 Å². The topological polar surface area (TPSA) is 63.4 Å². The summed E-state index contributed by atoms with van der Waals surface area (Å²) >= 11 is 1.79. The van der Waals surface area contributed by atoms with Crippen molar-refractivity contribution in [3.8, 4) is 0 Å². The number of thioether (sulfide) groups is 1. The molecule has 94 valence electrons. The second-order valence-electron chi connectivity index (χ2n) is 3.99. The van der Waals surface area contributed by atoms with E-state index >= 15 is 0 Å². The van der Waals surface area contributed by atoms with Gasteiger partial charge in [0.2, 0.25) is 10.0 Å². The molecule has 1 aliphatic heterocycles. The molecule has 4 nitrogen and oxygen atoms in total. The third kappa shape index (κ3) is 2.43. The van der Waals surface area contributed by atoms with Crippen LogP contribution in [0, 0.1) is 6.92 Å². The molecular weight excluding hydrogens is 256 g/mol. The molecule has 0 aliphatic carbocycles. The molecule has 1 aromatic carbocycles. The molecule has 1 heterocycles. The van der Waals surface area contributed by atoms with Crippen molar-refractivity contribution in [3.05, 3.63) is 23.8 Å². The van der Waals surface area contributed by atoms with Gasteiger partial charge in [-0.15, -0.1) is 0 Å². The van der Waals surface area contributed by atoms with Gasteiger partial charge in [-0.1, -0.05) is 6.07 Å². The van der Waals surface area contributed by atoms with Gasteiger partial charge in [0.1, 0.15) is 0 Å². The van der Waals surface area contributed by atoms with Crippen LogP contribution in [0.15, 0.2) is 23.1 Å². The number of sulfonamides is 1. The molecule has 2 rings (SSSR count). The molecule has 1 aliphatic rings. The van der Waals surface area contributed by atoms with Gasteiger partial charge >= 0.3 is 0 Å². The van der Waals surface area contributed by atoms with E-state index in [2.05, 4.69) is 0 Å². The Bertz CT molecular complexity index is 508. The zero-order valence-electron chi connectivity index (χ0n) is 9.72. The van der Waals surface area contributed by atoms with Crippen molar-refractivity contribution in [1.29, 1.82) is 0 Å². The lowest BCUT2D eigenvalue weighted by Gasteiger charge is -2.26. The largest absolute Gasteiger partial charge is 0.398 e. The Balaban J connectivity index is 2.40. The standard InChI is InChI=1S/C11H16N2O2S2/c1-9-10(12)3-2-4-11(9)17(14,15)13-5-7-16-8-6-13/h2-4H,5-8,12H2,1H3. The monoisotopic (exact) mass is 272 g/mol. The predicted molar refractivity (Wildman–Crippen MR) is 71.7 cm³/mol. The Kier molecular flexibility index (Phi) is 3.65. The van der Waals surface area contributed by atoms with Gasteiger partial charge in [-0.3, -0.25) is 0 Å². The molecule has 1 fully saturated rings. The van der Waals surface area contributed by atoms with E-state index in [0.717, 1.165) is 11.5 Å². The van der Waals surface area contributed by atoms with Crippen LogP contribution < -0.4 is 5.73 Å². The lowest BCUT2D eigenvalue weighted by Crippen LogP contribution is -2.38. The Morgan fingerprint density at radius 2 is 1.94 bits per heavy atom. The SMILES string of the molecule is Cc1c(N)cccc1S(=O)(=O)N1CCSCC1. The quantitative estimate of drug-likeness (QED) is 0.825. The molecule has 0 spiro atoms. The van der Waals surface area contributed by atoms with Gasteiger partial charge in [-0.2, -0.15) is 16.1 Å². The van der Waals surface area contributed by atoms with Gasteiger partial charge in [0.25, 0.3) is 0 Å². The maximum Gasteiger partial charge on any atom is 0.243 e. The maximum atomic E-state index is 12.4. The highest BCUT2D eigenvalue weighted by Gasteiger charge is 2.27. The zero-order chi connectivity index (χ0) is 12.5. The fourth-order valence-corrected chi connectivity index (χ4v) is 4.67. The van der Waals surface area contributed by atoms with Gasteiger partial charge in [0.05, 0.1) is 4.90 Å². The van der Waals surface area contributed by atoms with Crippen molar-refractivity contribution in [1.82, 2.24) is 4.31 Å². The minimum atomic E-state index is -3.38. The summed E-state index contributed by atoms with van der Waals surface area (Å²) < 4.78 is 26.4. The summed E-state index contributed by atoms with van der Waals surface area (Å²) in [5, 5.41) is 0. The van der Waals surface area contributed by atoms with Crippen LogP contribution in [-0.4, -0.2) is 37.3 Å². The summed E-state index contributed by atoms with van der Waals surface area (Å²) in [5.74, 6) is 1.72. The van der Waals surface area contributed by atoms with Crippen LogP contribution in [0.1, 0.15) is 5.56 Å². The Hall–Kier alpha value is -0.720. The third-order valence-corrected chi connectivity index (χ3v) is 5.90. The minimum absolute atomic E-state index is 0.337.